The number of rotatable bonds is 5. The number of ether oxygens (including phenoxy) is 1. The first-order chi connectivity index (χ1) is 10.0. The molecule has 110 valence electrons. The molecule has 0 N–H and O–H groups in total. The van der Waals surface area contributed by atoms with Crippen LogP contribution in [0.1, 0.15) is 16.7 Å². The van der Waals surface area contributed by atoms with E-state index in [0.29, 0.717) is 21.7 Å². The van der Waals surface area contributed by atoms with E-state index >= 15 is 0 Å². The SMILES string of the molecule is Cc1cccc(CCl)c1OCc1ccc(Br)cc1[N+](=O)[O-]. The first-order valence-electron chi connectivity index (χ1n) is 6.23. The van der Waals surface area contributed by atoms with Gasteiger partial charge in [0.05, 0.1) is 16.4 Å². The summed E-state index contributed by atoms with van der Waals surface area (Å²) in [6, 6.07) is 10.6. The van der Waals surface area contributed by atoms with E-state index in [-0.39, 0.29) is 12.3 Å². The Morgan fingerprint density at radius 2 is 2.05 bits per heavy atom. The Morgan fingerprint density at radius 3 is 2.71 bits per heavy atom. The number of aryl methyl sites for hydroxylation is 1. The number of nitro groups is 1. The number of hydrogen-bond acceptors (Lipinski definition) is 3. The molecule has 0 atom stereocenters. The summed E-state index contributed by atoms with van der Waals surface area (Å²) < 4.78 is 6.43. The molecule has 0 aliphatic carbocycles. The van der Waals surface area contributed by atoms with Crippen LogP contribution in [0, 0.1) is 17.0 Å². The van der Waals surface area contributed by atoms with E-state index in [0.717, 1.165) is 11.1 Å². The van der Waals surface area contributed by atoms with E-state index in [2.05, 4.69) is 15.9 Å². The molecule has 0 fully saturated rings. The fraction of sp³-hybridized carbons (Fsp3) is 0.200. The van der Waals surface area contributed by atoms with Crippen molar-refractivity contribution in [2.75, 3.05) is 0 Å². The highest BCUT2D eigenvalue weighted by Gasteiger charge is 2.15. The van der Waals surface area contributed by atoms with Crippen molar-refractivity contribution >= 4 is 33.2 Å². The zero-order chi connectivity index (χ0) is 15.4. The van der Waals surface area contributed by atoms with Crippen LogP contribution in [-0.4, -0.2) is 4.92 Å². The maximum Gasteiger partial charge on any atom is 0.277 e. The van der Waals surface area contributed by atoms with E-state index in [1.807, 2.05) is 25.1 Å². The van der Waals surface area contributed by atoms with Crippen molar-refractivity contribution in [1.82, 2.24) is 0 Å². The highest BCUT2D eigenvalue weighted by molar-refractivity contribution is 9.10. The van der Waals surface area contributed by atoms with Crippen LogP contribution in [0.3, 0.4) is 0 Å². The quantitative estimate of drug-likeness (QED) is 0.423. The molecule has 0 saturated heterocycles. The number of para-hydroxylation sites is 1. The van der Waals surface area contributed by atoms with E-state index in [1.54, 1.807) is 12.1 Å². The zero-order valence-electron chi connectivity index (χ0n) is 11.3. The summed E-state index contributed by atoms with van der Waals surface area (Å²) in [6.45, 7) is 2.04. The first-order valence-corrected chi connectivity index (χ1v) is 7.55. The molecule has 6 heteroatoms. The average Bonchev–Trinajstić information content (AvgIpc) is 2.46. The summed E-state index contributed by atoms with van der Waals surface area (Å²) >= 11 is 9.13. The molecule has 0 aromatic heterocycles. The van der Waals surface area contributed by atoms with Crippen molar-refractivity contribution in [2.24, 2.45) is 0 Å². The minimum absolute atomic E-state index is 0.0328. The molecule has 2 aromatic rings. The van der Waals surface area contributed by atoms with Crippen molar-refractivity contribution in [3.8, 4) is 5.75 Å². The molecule has 0 heterocycles. The lowest BCUT2D eigenvalue weighted by molar-refractivity contribution is -0.385. The Morgan fingerprint density at radius 1 is 1.29 bits per heavy atom. The van der Waals surface area contributed by atoms with Gasteiger partial charge in [0.15, 0.2) is 0 Å². The molecule has 0 aliphatic heterocycles. The Labute approximate surface area is 136 Å². The summed E-state index contributed by atoms with van der Waals surface area (Å²) in [5, 5.41) is 11.1. The van der Waals surface area contributed by atoms with Crippen molar-refractivity contribution in [1.29, 1.82) is 0 Å². The van der Waals surface area contributed by atoms with E-state index in [4.69, 9.17) is 16.3 Å². The average molecular weight is 371 g/mol. The third-order valence-electron chi connectivity index (χ3n) is 3.05. The standard InChI is InChI=1S/C15H13BrClNO3/c1-10-3-2-4-11(8-17)15(10)21-9-12-5-6-13(16)7-14(12)18(19)20/h2-7H,8-9H2,1H3. The predicted octanol–water partition coefficient (Wildman–Crippen LogP) is 4.98. The van der Waals surface area contributed by atoms with Crippen LogP contribution in [0.4, 0.5) is 5.69 Å². The zero-order valence-corrected chi connectivity index (χ0v) is 13.6. The van der Waals surface area contributed by atoms with Crippen LogP contribution in [-0.2, 0) is 12.5 Å². The second-order valence-corrected chi connectivity index (χ2v) is 5.70. The molecule has 0 bridgehead atoms. The smallest absolute Gasteiger partial charge is 0.277 e. The highest BCUT2D eigenvalue weighted by Crippen LogP contribution is 2.28. The lowest BCUT2D eigenvalue weighted by Crippen LogP contribution is -2.03. The van der Waals surface area contributed by atoms with Gasteiger partial charge >= 0.3 is 0 Å². The Bertz CT molecular complexity index is 676. The first kappa shape index (κ1) is 15.8. The Hall–Kier alpha value is -1.59. The molecule has 4 nitrogen and oxygen atoms in total. The van der Waals surface area contributed by atoms with Gasteiger partial charge in [-0.05, 0) is 24.6 Å². The van der Waals surface area contributed by atoms with Crippen LogP contribution in [0.15, 0.2) is 40.9 Å². The van der Waals surface area contributed by atoms with E-state index < -0.39 is 4.92 Å². The summed E-state index contributed by atoms with van der Waals surface area (Å²) in [5.74, 6) is 1.02. The fourth-order valence-electron chi connectivity index (χ4n) is 2.00. The number of nitro benzene ring substituents is 1. The largest absolute Gasteiger partial charge is 0.488 e. The van der Waals surface area contributed by atoms with Crippen LogP contribution in [0.25, 0.3) is 0 Å². The number of halogens is 2. The molecule has 0 unspecified atom stereocenters. The number of hydrogen-bond donors (Lipinski definition) is 0. The number of benzene rings is 2. The topological polar surface area (TPSA) is 52.4 Å². The van der Waals surface area contributed by atoms with E-state index in [9.17, 15) is 10.1 Å². The summed E-state index contributed by atoms with van der Waals surface area (Å²) in [7, 11) is 0. The second-order valence-electron chi connectivity index (χ2n) is 4.52. The van der Waals surface area contributed by atoms with Crippen molar-refractivity contribution in [2.45, 2.75) is 19.4 Å². The molecule has 0 aliphatic rings. The lowest BCUT2D eigenvalue weighted by Gasteiger charge is -2.13. The number of alkyl halides is 1. The van der Waals surface area contributed by atoms with Gasteiger partial charge in [-0.25, -0.2) is 0 Å². The third kappa shape index (κ3) is 3.74. The van der Waals surface area contributed by atoms with Gasteiger partial charge < -0.3 is 4.74 Å². The minimum atomic E-state index is -0.413. The molecule has 0 saturated carbocycles. The third-order valence-corrected chi connectivity index (χ3v) is 3.83. The minimum Gasteiger partial charge on any atom is -0.488 e. The van der Waals surface area contributed by atoms with Gasteiger partial charge in [-0.2, -0.15) is 0 Å². The molecule has 21 heavy (non-hydrogen) atoms. The Kier molecular flexibility index (Phi) is 5.20. The van der Waals surface area contributed by atoms with Gasteiger partial charge in [-0.15, -0.1) is 11.6 Å². The van der Waals surface area contributed by atoms with Gasteiger partial charge in [0.2, 0.25) is 0 Å². The highest BCUT2D eigenvalue weighted by atomic mass is 79.9. The van der Waals surface area contributed by atoms with Gasteiger partial charge in [-0.3, -0.25) is 10.1 Å². The van der Waals surface area contributed by atoms with Crippen LogP contribution in [0.2, 0.25) is 0 Å². The summed E-state index contributed by atoms with van der Waals surface area (Å²) in [4.78, 5) is 10.7. The van der Waals surface area contributed by atoms with Crippen LogP contribution in [0.5, 0.6) is 5.75 Å². The van der Waals surface area contributed by atoms with Crippen molar-refractivity contribution in [3.63, 3.8) is 0 Å². The van der Waals surface area contributed by atoms with Crippen LogP contribution >= 0.6 is 27.5 Å². The summed E-state index contributed by atoms with van der Waals surface area (Å²) in [6.07, 6.45) is 0. The van der Waals surface area contributed by atoms with E-state index in [1.165, 1.54) is 6.07 Å². The maximum atomic E-state index is 11.1. The monoisotopic (exact) mass is 369 g/mol. The molecular weight excluding hydrogens is 358 g/mol. The fourth-order valence-corrected chi connectivity index (χ4v) is 2.56. The summed E-state index contributed by atoms with van der Waals surface area (Å²) in [5.41, 5.74) is 2.38. The molecule has 0 radical (unpaired) electrons. The predicted molar refractivity (Wildman–Crippen MR) is 85.9 cm³/mol. The van der Waals surface area contributed by atoms with Gasteiger partial charge in [0, 0.05) is 16.1 Å². The second kappa shape index (κ2) is 6.91. The molecule has 0 amide bonds. The lowest BCUT2D eigenvalue weighted by atomic mass is 10.1. The van der Waals surface area contributed by atoms with Gasteiger partial charge in [-0.1, -0.05) is 34.1 Å². The molecule has 0 spiro atoms. The van der Waals surface area contributed by atoms with Crippen molar-refractivity contribution in [3.05, 3.63) is 67.7 Å². The van der Waals surface area contributed by atoms with Gasteiger partial charge in [0.25, 0.3) is 5.69 Å². The Balaban J connectivity index is 2.27. The van der Waals surface area contributed by atoms with Crippen molar-refractivity contribution < 1.29 is 9.66 Å². The van der Waals surface area contributed by atoms with Crippen LogP contribution < -0.4 is 4.74 Å². The molecular formula is C15H13BrClNO3. The molecule has 2 rings (SSSR count). The molecule has 2 aromatic carbocycles. The maximum absolute atomic E-state index is 11.1. The normalized spacial score (nSPS) is 10.4. The number of nitrogens with zero attached hydrogens (tertiary/aromatic N) is 1. The van der Waals surface area contributed by atoms with Gasteiger partial charge in [0.1, 0.15) is 12.4 Å².